The molecule has 2 unspecified atom stereocenters. The highest BCUT2D eigenvalue weighted by molar-refractivity contribution is 6.07. The van der Waals surface area contributed by atoms with Crippen molar-refractivity contribution in [3.63, 3.8) is 0 Å². The van der Waals surface area contributed by atoms with Crippen molar-refractivity contribution in [1.82, 2.24) is 14.5 Å². The van der Waals surface area contributed by atoms with Crippen molar-refractivity contribution in [2.24, 2.45) is 13.0 Å². The zero-order chi connectivity index (χ0) is 18.1. The largest absolute Gasteiger partial charge is 0.385 e. The number of aliphatic hydroxyl groups excluding tert-OH is 1. The van der Waals surface area contributed by atoms with Gasteiger partial charge in [-0.2, -0.15) is 0 Å². The second-order valence-corrected chi connectivity index (χ2v) is 7.02. The first kappa shape index (κ1) is 16.8. The molecule has 0 bridgehead atoms. The van der Waals surface area contributed by atoms with E-state index in [0.717, 1.165) is 35.7 Å². The lowest BCUT2D eigenvalue weighted by Crippen LogP contribution is -2.42. The maximum Gasteiger partial charge on any atom is 0.254 e. The predicted octanol–water partition coefficient (Wildman–Crippen LogP) is 3.16. The van der Waals surface area contributed by atoms with E-state index in [2.05, 4.69) is 4.98 Å². The van der Waals surface area contributed by atoms with Crippen molar-refractivity contribution in [3.05, 3.63) is 66.2 Å². The lowest BCUT2D eigenvalue weighted by atomic mass is 9.91. The van der Waals surface area contributed by atoms with Crippen molar-refractivity contribution in [3.8, 4) is 0 Å². The van der Waals surface area contributed by atoms with Gasteiger partial charge in [-0.1, -0.05) is 36.4 Å². The van der Waals surface area contributed by atoms with Crippen LogP contribution in [0, 0.1) is 5.92 Å². The molecule has 1 N–H and O–H groups in total. The topological polar surface area (TPSA) is 58.4 Å². The summed E-state index contributed by atoms with van der Waals surface area (Å²) in [7, 11) is 1.88. The Morgan fingerprint density at radius 2 is 2.04 bits per heavy atom. The minimum atomic E-state index is -0.655. The van der Waals surface area contributed by atoms with E-state index in [1.165, 1.54) is 0 Å². The summed E-state index contributed by atoms with van der Waals surface area (Å²) in [5, 5.41) is 12.8. The smallest absolute Gasteiger partial charge is 0.254 e. The maximum atomic E-state index is 13.2. The number of aliphatic hydroxyl groups is 1. The molecule has 2 heterocycles. The molecule has 1 fully saturated rings. The van der Waals surface area contributed by atoms with Crippen molar-refractivity contribution in [2.45, 2.75) is 18.9 Å². The number of imidazole rings is 1. The molecule has 5 heteroatoms. The van der Waals surface area contributed by atoms with Gasteiger partial charge in [0.1, 0.15) is 11.9 Å². The summed E-state index contributed by atoms with van der Waals surface area (Å²) < 4.78 is 1.84. The number of carbonyl (C=O) groups is 1. The standard InChI is InChI=1S/C21H23N3O2/c1-23-13-11-22-20(23)19(25)16-8-5-12-24(14-16)21(26)18-10-4-7-15-6-2-3-9-17(15)18/h2-4,6-7,9-11,13,16,19,25H,5,8,12,14H2,1H3. The summed E-state index contributed by atoms with van der Waals surface area (Å²) in [5.74, 6) is 0.705. The molecule has 0 radical (unpaired) electrons. The number of amides is 1. The van der Waals surface area contributed by atoms with Gasteiger partial charge in [-0.05, 0) is 29.7 Å². The summed E-state index contributed by atoms with van der Waals surface area (Å²) in [4.78, 5) is 19.3. The number of benzene rings is 2. The minimum Gasteiger partial charge on any atom is -0.385 e. The number of aromatic nitrogens is 2. The van der Waals surface area contributed by atoms with E-state index >= 15 is 0 Å². The molecule has 4 rings (SSSR count). The Morgan fingerprint density at radius 3 is 2.85 bits per heavy atom. The number of rotatable bonds is 3. The number of likely N-dealkylation sites (tertiary alicyclic amines) is 1. The van der Waals surface area contributed by atoms with Gasteiger partial charge in [0.05, 0.1) is 0 Å². The Hall–Kier alpha value is -2.66. The Morgan fingerprint density at radius 1 is 1.23 bits per heavy atom. The summed E-state index contributed by atoms with van der Waals surface area (Å²) in [6.45, 7) is 1.28. The molecule has 26 heavy (non-hydrogen) atoms. The number of hydrogen-bond acceptors (Lipinski definition) is 3. The summed E-state index contributed by atoms with van der Waals surface area (Å²) >= 11 is 0. The fraction of sp³-hybridized carbons (Fsp3) is 0.333. The van der Waals surface area contributed by atoms with Crippen LogP contribution in [-0.2, 0) is 7.05 Å². The van der Waals surface area contributed by atoms with E-state index in [1.807, 2.05) is 65.2 Å². The molecule has 2 atom stereocenters. The van der Waals surface area contributed by atoms with Gasteiger partial charge in [-0.15, -0.1) is 0 Å². The number of aryl methyl sites for hydroxylation is 1. The molecule has 3 aromatic rings. The number of fused-ring (bicyclic) bond motifs is 1. The van der Waals surface area contributed by atoms with Gasteiger partial charge < -0.3 is 14.6 Å². The van der Waals surface area contributed by atoms with Gasteiger partial charge in [0.25, 0.3) is 5.91 Å². The second kappa shape index (κ2) is 6.92. The van der Waals surface area contributed by atoms with E-state index in [-0.39, 0.29) is 11.8 Å². The van der Waals surface area contributed by atoms with Gasteiger partial charge in [0.15, 0.2) is 0 Å². The number of nitrogens with zero attached hydrogens (tertiary/aromatic N) is 3. The van der Waals surface area contributed by atoms with Crippen LogP contribution < -0.4 is 0 Å². The highest BCUT2D eigenvalue weighted by atomic mass is 16.3. The first-order valence-electron chi connectivity index (χ1n) is 9.07. The molecule has 1 amide bonds. The van der Waals surface area contributed by atoms with E-state index in [1.54, 1.807) is 6.20 Å². The minimum absolute atomic E-state index is 0.00350. The number of hydrogen-bond donors (Lipinski definition) is 1. The van der Waals surface area contributed by atoms with Crippen molar-refractivity contribution in [2.75, 3.05) is 13.1 Å². The van der Waals surface area contributed by atoms with Gasteiger partial charge in [0.2, 0.25) is 0 Å². The van der Waals surface area contributed by atoms with E-state index in [0.29, 0.717) is 12.4 Å². The molecule has 0 saturated carbocycles. The normalized spacial score (nSPS) is 18.8. The van der Waals surface area contributed by atoms with E-state index in [4.69, 9.17) is 0 Å². The fourth-order valence-electron chi connectivity index (χ4n) is 3.91. The highest BCUT2D eigenvalue weighted by Crippen LogP contribution is 2.30. The molecule has 1 saturated heterocycles. The van der Waals surface area contributed by atoms with Gasteiger partial charge in [-0.3, -0.25) is 4.79 Å². The average Bonchev–Trinajstić information content (AvgIpc) is 3.12. The van der Waals surface area contributed by atoms with Crippen LogP contribution in [0.25, 0.3) is 10.8 Å². The Bertz CT molecular complexity index is 928. The Kier molecular flexibility index (Phi) is 4.47. The van der Waals surface area contributed by atoms with Crippen molar-refractivity contribution < 1.29 is 9.90 Å². The van der Waals surface area contributed by atoms with Crippen LogP contribution >= 0.6 is 0 Å². The van der Waals surface area contributed by atoms with Crippen LogP contribution in [-0.4, -0.2) is 38.6 Å². The molecule has 1 aliphatic heterocycles. The van der Waals surface area contributed by atoms with Crippen LogP contribution in [0.4, 0.5) is 0 Å². The van der Waals surface area contributed by atoms with E-state index in [9.17, 15) is 9.90 Å². The van der Waals surface area contributed by atoms with Crippen LogP contribution in [0.3, 0.4) is 0 Å². The number of piperidine rings is 1. The third-order valence-corrected chi connectivity index (χ3v) is 5.33. The summed E-state index contributed by atoms with van der Waals surface area (Å²) in [6, 6.07) is 13.8. The van der Waals surface area contributed by atoms with Crippen LogP contribution in [0.2, 0.25) is 0 Å². The molecule has 0 spiro atoms. The summed E-state index contributed by atoms with van der Waals surface area (Å²) in [5.41, 5.74) is 0.732. The molecule has 5 nitrogen and oxygen atoms in total. The zero-order valence-corrected chi connectivity index (χ0v) is 14.9. The third kappa shape index (κ3) is 2.99. The van der Waals surface area contributed by atoms with Crippen LogP contribution in [0.5, 0.6) is 0 Å². The highest BCUT2D eigenvalue weighted by Gasteiger charge is 2.31. The van der Waals surface area contributed by atoms with Crippen molar-refractivity contribution >= 4 is 16.7 Å². The Labute approximate surface area is 152 Å². The zero-order valence-electron chi connectivity index (χ0n) is 14.9. The molecule has 1 aliphatic rings. The quantitative estimate of drug-likeness (QED) is 0.790. The van der Waals surface area contributed by atoms with Gasteiger partial charge in [0, 0.05) is 44.0 Å². The third-order valence-electron chi connectivity index (χ3n) is 5.33. The molecule has 134 valence electrons. The number of carbonyl (C=O) groups excluding carboxylic acids is 1. The van der Waals surface area contributed by atoms with Gasteiger partial charge in [-0.25, -0.2) is 4.98 Å². The van der Waals surface area contributed by atoms with Gasteiger partial charge >= 0.3 is 0 Å². The maximum absolute atomic E-state index is 13.2. The molecule has 2 aromatic carbocycles. The Balaban J connectivity index is 1.57. The molecule has 0 aliphatic carbocycles. The fourth-order valence-corrected chi connectivity index (χ4v) is 3.91. The first-order valence-corrected chi connectivity index (χ1v) is 9.07. The lowest BCUT2D eigenvalue weighted by Gasteiger charge is -2.35. The molecular weight excluding hydrogens is 326 g/mol. The van der Waals surface area contributed by atoms with Crippen LogP contribution in [0.1, 0.15) is 35.1 Å². The first-order chi connectivity index (χ1) is 12.6. The predicted molar refractivity (Wildman–Crippen MR) is 101 cm³/mol. The average molecular weight is 349 g/mol. The monoisotopic (exact) mass is 349 g/mol. The van der Waals surface area contributed by atoms with Crippen LogP contribution in [0.15, 0.2) is 54.9 Å². The molecular formula is C21H23N3O2. The summed E-state index contributed by atoms with van der Waals surface area (Å²) in [6.07, 6.45) is 4.66. The SMILES string of the molecule is Cn1ccnc1C(O)C1CCCN(C(=O)c2cccc3ccccc23)C1. The van der Waals surface area contributed by atoms with E-state index < -0.39 is 6.10 Å². The second-order valence-electron chi connectivity index (χ2n) is 7.02. The molecule has 1 aromatic heterocycles. The lowest BCUT2D eigenvalue weighted by molar-refractivity contribution is 0.0359. The van der Waals surface area contributed by atoms with Crippen molar-refractivity contribution in [1.29, 1.82) is 0 Å².